The first kappa shape index (κ1) is 70.8. The molecule has 0 aromatic rings. The molecule has 0 aliphatic carbocycles. The molecule has 428 valence electrons. The number of unbranched alkanes of at least 4 members (excludes halogenated alkanes) is 41. The molecular formula is C67H125NO5. The summed E-state index contributed by atoms with van der Waals surface area (Å²) >= 11 is 0. The summed E-state index contributed by atoms with van der Waals surface area (Å²) in [5.41, 5.74) is 0. The molecule has 0 aliphatic heterocycles. The molecule has 0 bridgehead atoms. The minimum absolute atomic E-state index is 0.00171. The van der Waals surface area contributed by atoms with Crippen molar-refractivity contribution in [2.45, 2.75) is 353 Å². The molecule has 2 atom stereocenters. The van der Waals surface area contributed by atoms with Gasteiger partial charge < -0.3 is 20.3 Å². The Hall–Kier alpha value is -2.18. The van der Waals surface area contributed by atoms with Gasteiger partial charge in [-0.2, -0.15) is 0 Å². The van der Waals surface area contributed by atoms with Crippen LogP contribution in [0.4, 0.5) is 0 Å². The smallest absolute Gasteiger partial charge is 0.305 e. The predicted molar refractivity (Wildman–Crippen MR) is 319 cm³/mol. The van der Waals surface area contributed by atoms with Gasteiger partial charge in [0.1, 0.15) is 0 Å². The van der Waals surface area contributed by atoms with E-state index < -0.39 is 12.1 Å². The summed E-state index contributed by atoms with van der Waals surface area (Å²) in [6.45, 7) is 4.93. The number of allylic oxidation sites excluding steroid dienone is 8. The molecule has 6 nitrogen and oxygen atoms in total. The lowest BCUT2D eigenvalue weighted by Gasteiger charge is -2.22. The predicted octanol–water partition coefficient (Wildman–Crippen LogP) is 20.5. The van der Waals surface area contributed by atoms with Crippen LogP contribution in [0, 0.1) is 0 Å². The van der Waals surface area contributed by atoms with Crippen LogP contribution in [0.15, 0.2) is 48.6 Å². The summed E-state index contributed by atoms with van der Waals surface area (Å²) in [7, 11) is 0. The van der Waals surface area contributed by atoms with Gasteiger partial charge >= 0.3 is 5.97 Å². The Kier molecular flexibility index (Phi) is 60.5. The van der Waals surface area contributed by atoms with Gasteiger partial charge in [0.25, 0.3) is 0 Å². The average Bonchev–Trinajstić information content (AvgIpc) is 3.39. The van der Waals surface area contributed by atoms with Gasteiger partial charge in [0.15, 0.2) is 0 Å². The minimum Gasteiger partial charge on any atom is -0.466 e. The highest BCUT2D eigenvalue weighted by Crippen LogP contribution is 2.17. The third-order valence-electron chi connectivity index (χ3n) is 14.9. The van der Waals surface area contributed by atoms with Crippen LogP contribution in [0.5, 0.6) is 0 Å². The summed E-state index contributed by atoms with van der Waals surface area (Å²) in [6.07, 6.45) is 80.0. The number of aliphatic hydroxyl groups is 2. The first-order chi connectivity index (χ1) is 36.0. The van der Waals surface area contributed by atoms with Gasteiger partial charge in [0.2, 0.25) is 5.91 Å². The van der Waals surface area contributed by atoms with Gasteiger partial charge in [0, 0.05) is 12.8 Å². The van der Waals surface area contributed by atoms with Gasteiger partial charge in [-0.3, -0.25) is 9.59 Å². The van der Waals surface area contributed by atoms with Crippen molar-refractivity contribution in [3.63, 3.8) is 0 Å². The third-order valence-corrected chi connectivity index (χ3v) is 14.9. The molecule has 0 aliphatic rings. The monoisotopic (exact) mass is 1020 g/mol. The number of carbonyl (C=O) groups is 2. The maximum Gasteiger partial charge on any atom is 0.305 e. The molecule has 0 heterocycles. The van der Waals surface area contributed by atoms with Crippen LogP contribution in [-0.4, -0.2) is 47.4 Å². The van der Waals surface area contributed by atoms with Crippen LogP contribution in [0.25, 0.3) is 0 Å². The van der Waals surface area contributed by atoms with Crippen LogP contribution < -0.4 is 5.32 Å². The largest absolute Gasteiger partial charge is 0.466 e. The van der Waals surface area contributed by atoms with Crippen molar-refractivity contribution >= 4 is 11.9 Å². The van der Waals surface area contributed by atoms with Crippen molar-refractivity contribution in [3.05, 3.63) is 48.6 Å². The average molecular weight is 1020 g/mol. The van der Waals surface area contributed by atoms with Crippen LogP contribution >= 0.6 is 0 Å². The number of ether oxygens (including phenoxy) is 1. The van der Waals surface area contributed by atoms with Crippen molar-refractivity contribution in [2.75, 3.05) is 13.2 Å². The molecule has 0 aromatic carbocycles. The number of aliphatic hydroxyl groups excluding tert-OH is 2. The summed E-state index contributed by atoms with van der Waals surface area (Å²) in [5, 5.41) is 23.2. The third kappa shape index (κ3) is 58.9. The summed E-state index contributed by atoms with van der Waals surface area (Å²) in [6, 6.07) is -0.541. The van der Waals surface area contributed by atoms with E-state index >= 15 is 0 Å². The van der Waals surface area contributed by atoms with E-state index in [0.29, 0.717) is 25.9 Å². The van der Waals surface area contributed by atoms with Gasteiger partial charge in [-0.15, -0.1) is 0 Å². The SMILES string of the molecule is CCCCCC/C=C\C/C=C\CCCCCCCC(=O)OCCCCCCCCCCC/C=C\C/C=C\CCCCCCCCCCCCCCCC(=O)NC(CO)C(O)CCCCCCCCCCCCC. The molecule has 0 saturated carbocycles. The molecule has 0 spiro atoms. The Balaban J connectivity index is 3.40. The van der Waals surface area contributed by atoms with Crippen molar-refractivity contribution in [1.29, 1.82) is 0 Å². The fourth-order valence-electron chi connectivity index (χ4n) is 9.88. The van der Waals surface area contributed by atoms with E-state index in [1.165, 1.54) is 250 Å². The Bertz CT molecular complexity index is 1230. The van der Waals surface area contributed by atoms with Crippen LogP contribution in [0.3, 0.4) is 0 Å². The van der Waals surface area contributed by atoms with E-state index in [9.17, 15) is 19.8 Å². The molecule has 0 aromatic heterocycles. The fraction of sp³-hybridized carbons (Fsp3) is 0.851. The molecule has 73 heavy (non-hydrogen) atoms. The maximum absolute atomic E-state index is 12.4. The molecule has 0 saturated heterocycles. The van der Waals surface area contributed by atoms with Crippen molar-refractivity contribution in [3.8, 4) is 0 Å². The highest BCUT2D eigenvalue weighted by molar-refractivity contribution is 5.76. The Morgan fingerprint density at radius 3 is 1.05 bits per heavy atom. The highest BCUT2D eigenvalue weighted by atomic mass is 16.5. The van der Waals surface area contributed by atoms with Crippen LogP contribution in [0.1, 0.15) is 341 Å². The van der Waals surface area contributed by atoms with Gasteiger partial charge in [0.05, 0.1) is 25.4 Å². The maximum atomic E-state index is 12.4. The second kappa shape index (κ2) is 62.4. The molecule has 6 heteroatoms. The number of hydrogen-bond acceptors (Lipinski definition) is 5. The second-order valence-electron chi connectivity index (χ2n) is 22.1. The summed E-state index contributed by atoms with van der Waals surface area (Å²) < 4.78 is 5.48. The molecule has 2 unspecified atom stereocenters. The number of carbonyl (C=O) groups excluding carboxylic acids is 2. The fourth-order valence-corrected chi connectivity index (χ4v) is 9.88. The summed E-state index contributed by atoms with van der Waals surface area (Å²) in [5.74, 6) is -0.0384. The number of esters is 1. The molecule has 0 rings (SSSR count). The van der Waals surface area contributed by atoms with Crippen molar-refractivity contribution in [1.82, 2.24) is 5.32 Å². The summed E-state index contributed by atoms with van der Waals surface area (Å²) in [4.78, 5) is 24.5. The van der Waals surface area contributed by atoms with Crippen LogP contribution in [-0.2, 0) is 14.3 Å². The Morgan fingerprint density at radius 1 is 0.384 bits per heavy atom. The zero-order valence-electron chi connectivity index (χ0n) is 48.9. The van der Waals surface area contributed by atoms with E-state index in [2.05, 4.69) is 67.8 Å². The molecular weight excluding hydrogens is 899 g/mol. The molecule has 1 amide bonds. The number of nitrogens with one attached hydrogen (secondary N) is 1. The van der Waals surface area contributed by atoms with Gasteiger partial charge in [-0.05, 0) is 89.9 Å². The standard InChI is InChI=1S/C67H125NO5/c1-3-5-7-9-11-13-15-16-17-34-37-41-45-49-53-57-61-67(72)73-62-58-54-50-46-42-38-35-32-30-28-26-24-22-20-18-19-21-23-25-27-29-31-33-36-40-44-48-52-56-60-66(71)68-64(63-69)65(70)59-55-51-47-43-39-14-12-10-8-6-4-2/h13,15,17-18,20,24,26,34,64-65,69-70H,3-12,14,16,19,21-23,25,27-33,35-63H2,1-2H3,(H,68,71)/b15-13-,20-18-,26-24-,34-17-. The van der Waals surface area contributed by atoms with Crippen LogP contribution in [0.2, 0.25) is 0 Å². The number of rotatable bonds is 60. The molecule has 0 fully saturated rings. The quantitative estimate of drug-likeness (QED) is 0.0320. The lowest BCUT2D eigenvalue weighted by molar-refractivity contribution is -0.143. The lowest BCUT2D eigenvalue weighted by atomic mass is 10.0. The van der Waals surface area contributed by atoms with Crippen molar-refractivity contribution in [2.24, 2.45) is 0 Å². The highest BCUT2D eigenvalue weighted by Gasteiger charge is 2.20. The van der Waals surface area contributed by atoms with E-state index in [1.807, 2.05) is 0 Å². The zero-order chi connectivity index (χ0) is 52.9. The van der Waals surface area contributed by atoms with E-state index in [1.54, 1.807) is 0 Å². The first-order valence-electron chi connectivity index (χ1n) is 32.4. The number of hydrogen-bond donors (Lipinski definition) is 3. The van der Waals surface area contributed by atoms with E-state index in [-0.39, 0.29) is 18.5 Å². The minimum atomic E-state index is -0.664. The Morgan fingerprint density at radius 2 is 0.685 bits per heavy atom. The van der Waals surface area contributed by atoms with Crippen molar-refractivity contribution < 1.29 is 24.5 Å². The zero-order valence-corrected chi connectivity index (χ0v) is 48.9. The normalized spacial score (nSPS) is 12.9. The topological polar surface area (TPSA) is 95.9 Å². The second-order valence-corrected chi connectivity index (χ2v) is 22.1. The molecule has 0 radical (unpaired) electrons. The molecule has 3 N–H and O–H groups in total. The number of amides is 1. The Labute approximate surface area is 455 Å². The van der Waals surface area contributed by atoms with Gasteiger partial charge in [-0.25, -0.2) is 0 Å². The first-order valence-corrected chi connectivity index (χ1v) is 32.4. The van der Waals surface area contributed by atoms with Gasteiger partial charge in [-0.1, -0.05) is 287 Å². The lowest BCUT2D eigenvalue weighted by Crippen LogP contribution is -2.45. The van der Waals surface area contributed by atoms with E-state index in [4.69, 9.17) is 4.74 Å². The van der Waals surface area contributed by atoms with E-state index in [0.717, 1.165) is 57.8 Å².